The third-order valence-corrected chi connectivity index (χ3v) is 2.16. The minimum atomic E-state index is -0.0894. The Morgan fingerprint density at radius 3 is 2.31 bits per heavy atom. The van der Waals surface area contributed by atoms with Crippen molar-refractivity contribution in [1.82, 2.24) is 5.32 Å². The van der Waals surface area contributed by atoms with Crippen molar-refractivity contribution in [3.63, 3.8) is 0 Å². The monoisotopic (exact) mass is 247 g/mol. The van der Waals surface area contributed by atoms with Gasteiger partial charge in [-0.3, -0.25) is 4.79 Å². The third kappa shape index (κ3) is 13.5. The molecule has 0 aliphatic heterocycles. The Hall–Kier alpha value is -0.480. The minimum Gasteiger partial charge on any atom is -0.469 e. The molecule has 0 unspecified atom stereocenters. The highest BCUT2D eigenvalue weighted by Gasteiger charge is 2.10. The summed E-state index contributed by atoms with van der Waals surface area (Å²) in [6.45, 7) is 6.80. The molecule has 0 heterocycles. The summed E-state index contributed by atoms with van der Waals surface area (Å²) in [5.41, 5.74) is 0. The summed E-state index contributed by atoms with van der Waals surface area (Å²) in [4.78, 5) is 11.8. The van der Waals surface area contributed by atoms with Crippen molar-refractivity contribution in [2.24, 2.45) is 5.92 Å². The summed E-state index contributed by atoms with van der Waals surface area (Å²) < 4.78 is 4.57. The molecule has 0 fully saturated rings. The molecule has 0 aromatic carbocycles. The number of methoxy groups -OCH3 is 1. The Morgan fingerprint density at radius 2 is 2.06 bits per heavy atom. The lowest BCUT2D eigenvalue weighted by Crippen LogP contribution is -2.13. The summed E-state index contributed by atoms with van der Waals surface area (Å²) in [5.74, 6) is -0.0154. The van der Waals surface area contributed by atoms with Crippen LogP contribution in [0.5, 0.6) is 0 Å². The average molecular weight is 247 g/mol. The van der Waals surface area contributed by atoms with Gasteiger partial charge in [-0.1, -0.05) is 38.9 Å². The molecule has 96 valence electrons. The van der Waals surface area contributed by atoms with Gasteiger partial charge in [0.25, 0.3) is 0 Å². The lowest BCUT2D eigenvalue weighted by atomic mass is 10.1. The van der Waals surface area contributed by atoms with Crippen LogP contribution in [0.4, 0.5) is 0 Å². The molecular formula is C12H25NO2S. The van der Waals surface area contributed by atoms with E-state index in [0.29, 0.717) is 0 Å². The van der Waals surface area contributed by atoms with E-state index in [1.807, 2.05) is 20.9 Å². The second-order valence-corrected chi connectivity index (χ2v) is 4.50. The minimum absolute atomic E-state index is 0.0740. The third-order valence-electron chi connectivity index (χ3n) is 2.02. The highest BCUT2D eigenvalue weighted by atomic mass is 32.1. The van der Waals surface area contributed by atoms with E-state index < -0.39 is 0 Å². The van der Waals surface area contributed by atoms with Gasteiger partial charge < -0.3 is 10.1 Å². The summed E-state index contributed by atoms with van der Waals surface area (Å²) in [6.07, 6.45) is 3.20. The first-order valence-corrected chi connectivity index (χ1v) is 6.12. The van der Waals surface area contributed by atoms with Gasteiger partial charge in [0.15, 0.2) is 0 Å². The average Bonchev–Trinajstić information content (AvgIpc) is 2.25. The van der Waals surface area contributed by atoms with Crippen molar-refractivity contribution in [3.05, 3.63) is 0 Å². The summed E-state index contributed by atoms with van der Waals surface area (Å²) in [6, 6.07) is 0. The number of unbranched alkanes of at least 4 members (excludes halogenated alkanes) is 1. The molecule has 16 heavy (non-hydrogen) atoms. The van der Waals surface area contributed by atoms with Crippen LogP contribution in [0.1, 0.15) is 40.0 Å². The number of hydrogen-bond donors (Lipinski definition) is 1. The molecule has 0 spiro atoms. The molecule has 0 rings (SSSR count). The second kappa shape index (κ2) is 12.6. The Morgan fingerprint density at radius 1 is 1.50 bits per heavy atom. The van der Waals surface area contributed by atoms with Crippen molar-refractivity contribution in [2.75, 3.05) is 20.7 Å². The van der Waals surface area contributed by atoms with Crippen LogP contribution in [-0.4, -0.2) is 31.5 Å². The fraction of sp³-hybridized carbons (Fsp3) is 0.833. The molecule has 0 aliphatic rings. The molecular weight excluding hydrogens is 222 g/mol. The molecule has 4 heteroatoms. The van der Waals surface area contributed by atoms with Crippen molar-refractivity contribution in [3.8, 4) is 0 Å². The first-order valence-electron chi connectivity index (χ1n) is 5.71. The number of carbonyl (C=O) groups excluding carboxylic acids is 1. The van der Waals surface area contributed by atoms with Gasteiger partial charge in [-0.05, 0) is 20.4 Å². The SMILES string of the molecule is CCCC[C@@H](C)C(=O)OC.CNCC(C)=S. The van der Waals surface area contributed by atoms with Crippen LogP contribution in [0, 0.1) is 5.92 Å². The number of ether oxygens (including phenoxy) is 1. The smallest absolute Gasteiger partial charge is 0.308 e. The number of esters is 1. The van der Waals surface area contributed by atoms with E-state index in [1.165, 1.54) is 7.11 Å². The predicted octanol–water partition coefficient (Wildman–Crippen LogP) is 2.58. The van der Waals surface area contributed by atoms with Crippen molar-refractivity contribution >= 4 is 23.1 Å². The molecule has 3 nitrogen and oxygen atoms in total. The normalized spacial score (nSPS) is 11.1. The molecule has 1 atom stereocenters. The zero-order chi connectivity index (χ0) is 13.0. The van der Waals surface area contributed by atoms with Crippen LogP contribution in [0.15, 0.2) is 0 Å². The van der Waals surface area contributed by atoms with Crippen molar-refractivity contribution in [2.45, 2.75) is 40.0 Å². The number of rotatable bonds is 6. The van der Waals surface area contributed by atoms with E-state index in [1.54, 1.807) is 0 Å². The maximum absolute atomic E-state index is 10.8. The van der Waals surface area contributed by atoms with E-state index in [-0.39, 0.29) is 11.9 Å². The van der Waals surface area contributed by atoms with Gasteiger partial charge in [-0.15, -0.1) is 0 Å². The molecule has 0 saturated heterocycles. The zero-order valence-corrected chi connectivity index (χ0v) is 11.9. The topological polar surface area (TPSA) is 38.3 Å². The number of thiocarbonyl (C=S) groups is 1. The van der Waals surface area contributed by atoms with Crippen LogP contribution >= 0.6 is 12.2 Å². The van der Waals surface area contributed by atoms with Crippen LogP contribution in [-0.2, 0) is 9.53 Å². The van der Waals surface area contributed by atoms with Gasteiger partial charge in [0, 0.05) is 11.4 Å². The van der Waals surface area contributed by atoms with E-state index in [0.717, 1.165) is 30.7 Å². The summed E-state index contributed by atoms with van der Waals surface area (Å²) in [5, 5.41) is 2.93. The van der Waals surface area contributed by atoms with E-state index in [9.17, 15) is 4.79 Å². The molecule has 0 aromatic heterocycles. The summed E-state index contributed by atoms with van der Waals surface area (Å²) >= 11 is 4.73. The largest absolute Gasteiger partial charge is 0.469 e. The number of nitrogens with one attached hydrogen (secondary N) is 1. The van der Waals surface area contributed by atoms with Crippen LogP contribution < -0.4 is 5.32 Å². The lowest BCUT2D eigenvalue weighted by Gasteiger charge is -2.06. The Bertz CT molecular complexity index is 195. The Kier molecular flexibility index (Phi) is 14.1. The first kappa shape index (κ1) is 17.9. The molecule has 0 aliphatic carbocycles. The quantitative estimate of drug-likeness (QED) is 0.578. The van der Waals surface area contributed by atoms with Crippen molar-refractivity contribution < 1.29 is 9.53 Å². The van der Waals surface area contributed by atoms with Crippen molar-refractivity contribution in [1.29, 1.82) is 0 Å². The molecule has 0 aromatic rings. The Balaban J connectivity index is 0. The maximum atomic E-state index is 10.8. The lowest BCUT2D eigenvalue weighted by molar-refractivity contribution is -0.145. The van der Waals surface area contributed by atoms with E-state index in [2.05, 4.69) is 17.0 Å². The first-order chi connectivity index (χ1) is 7.49. The van der Waals surface area contributed by atoms with Crippen LogP contribution in [0.3, 0.4) is 0 Å². The van der Waals surface area contributed by atoms with E-state index >= 15 is 0 Å². The fourth-order valence-electron chi connectivity index (χ4n) is 1.08. The molecule has 0 saturated carbocycles. The van der Waals surface area contributed by atoms with Gasteiger partial charge in [-0.25, -0.2) is 0 Å². The second-order valence-electron chi connectivity index (χ2n) is 3.80. The zero-order valence-electron chi connectivity index (χ0n) is 11.1. The number of hydrogen-bond acceptors (Lipinski definition) is 4. The highest BCUT2D eigenvalue weighted by molar-refractivity contribution is 7.80. The molecule has 0 radical (unpaired) electrons. The van der Waals surface area contributed by atoms with Gasteiger partial charge in [0.1, 0.15) is 0 Å². The predicted molar refractivity (Wildman–Crippen MR) is 72.9 cm³/mol. The molecule has 0 amide bonds. The van der Waals surface area contributed by atoms with Crippen LogP contribution in [0.2, 0.25) is 0 Å². The van der Waals surface area contributed by atoms with Gasteiger partial charge >= 0.3 is 5.97 Å². The van der Waals surface area contributed by atoms with Crippen LogP contribution in [0.25, 0.3) is 0 Å². The summed E-state index contributed by atoms with van der Waals surface area (Å²) in [7, 11) is 3.32. The van der Waals surface area contributed by atoms with Gasteiger partial charge in [-0.2, -0.15) is 0 Å². The van der Waals surface area contributed by atoms with E-state index in [4.69, 9.17) is 12.2 Å². The standard InChI is InChI=1S/C8H16O2.C4H9NS/c1-4-5-6-7(2)8(9)10-3;1-4(6)3-5-2/h7H,4-6H2,1-3H3;5H,3H2,1-2H3/t7-;/m1./s1. The van der Waals surface area contributed by atoms with Gasteiger partial charge in [0.2, 0.25) is 0 Å². The Labute approximate surface area is 105 Å². The molecule has 1 N–H and O–H groups in total. The maximum Gasteiger partial charge on any atom is 0.308 e. The highest BCUT2D eigenvalue weighted by Crippen LogP contribution is 2.08. The molecule has 0 bridgehead atoms. The number of carbonyl (C=O) groups is 1. The fourth-order valence-corrected chi connectivity index (χ4v) is 1.22. The van der Waals surface area contributed by atoms with Gasteiger partial charge in [0.05, 0.1) is 13.0 Å².